The third kappa shape index (κ3) is 3.48. The van der Waals surface area contributed by atoms with Crippen molar-refractivity contribution < 1.29 is 9.53 Å². The SMILES string of the molecule is CCCn1ccc2cc(NC(=O)N3CCOC(c4ccsc4)C3)ccc21. The first-order valence-electron chi connectivity index (χ1n) is 9.03. The summed E-state index contributed by atoms with van der Waals surface area (Å²) < 4.78 is 8.06. The highest BCUT2D eigenvalue weighted by Crippen LogP contribution is 2.25. The van der Waals surface area contributed by atoms with E-state index in [2.05, 4.69) is 46.6 Å². The molecule has 136 valence electrons. The first-order chi connectivity index (χ1) is 12.7. The number of thiophene rings is 1. The van der Waals surface area contributed by atoms with Crippen molar-refractivity contribution in [1.29, 1.82) is 0 Å². The molecule has 6 heteroatoms. The van der Waals surface area contributed by atoms with Crippen LogP contribution in [0.4, 0.5) is 10.5 Å². The Bertz CT molecular complexity index is 888. The lowest BCUT2D eigenvalue weighted by atomic mass is 10.1. The average Bonchev–Trinajstić information content (AvgIpc) is 3.32. The van der Waals surface area contributed by atoms with Gasteiger partial charge in [-0.1, -0.05) is 6.92 Å². The van der Waals surface area contributed by atoms with Crippen molar-refractivity contribution >= 4 is 34.0 Å². The number of carbonyl (C=O) groups is 1. The maximum Gasteiger partial charge on any atom is 0.322 e. The fraction of sp³-hybridized carbons (Fsp3) is 0.350. The van der Waals surface area contributed by atoms with Crippen LogP contribution in [0.5, 0.6) is 0 Å². The van der Waals surface area contributed by atoms with E-state index in [1.165, 1.54) is 5.52 Å². The minimum absolute atomic E-state index is 0.0358. The minimum Gasteiger partial charge on any atom is -0.370 e. The Kier molecular flexibility index (Phi) is 4.95. The molecule has 4 rings (SSSR count). The molecule has 0 saturated carbocycles. The van der Waals surface area contributed by atoms with Gasteiger partial charge < -0.3 is 19.5 Å². The van der Waals surface area contributed by atoms with Crippen molar-refractivity contribution in [3.8, 4) is 0 Å². The molecule has 26 heavy (non-hydrogen) atoms. The van der Waals surface area contributed by atoms with Gasteiger partial charge in [0.25, 0.3) is 0 Å². The van der Waals surface area contributed by atoms with Gasteiger partial charge in [0.05, 0.1) is 13.2 Å². The Morgan fingerprint density at radius 3 is 3.08 bits per heavy atom. The summed E-state index contributed by atoms with van der Waals surface area (Å²) in [4.78, 5) is 14.5. The van der Waals surface area contributed by atoms with Crippen LogP contribution in [-0.4, -0.2) is 35.2 Å². The molecule has 0 spiro atoms. The monoisotopic (exact) mass is 369 g/mol. The number of nitrogens with one attached hydrogen (secondary N) is 1. The number of urea groups is 1. The van der Waals surface area contributed by atoms with Crippen molar-refractivity contribution in [3.05, 3.63) is 52.9 Å². The molecule has 0 radical (unpaired) electrons. The zero-order valence-corrected chi connectivity index (χ0v) is 15.7. The van der Waals surface area contributed by atoms with Crippen LogP contribution in [-0.2, 0) is 11.3 Å². The van der Waals surface area contributed by atoms with E-state index in [0.29, 0.717) is 19.7 Å². The number of nitrogens with zero attached hydrogens (tertiary/aromatic N) is 2. The molecular formula is C20H23N3O2S. The minimum atomic E-state index is -0.0686. The molecule has 5 nitrogen and oxygen atoms in total. The van der Waals surface area contributed by atoms with Gasteiger partial charge in [0.2, 0.25) is 0 Å². The lowest BCUT2D eigenvalue weighted by Crippen LogP contribution is -2.44. The molecule has 0 aliphatic carbocycles. The number of rotatable bonds is 4. The second kappa shape index (κ2) is 7.51. The molecular weight excluding hydrogens is 346 g/mol. The molecule has 1 N–H and O–H groups in total. The van der Waals surface area contributed by atoms with E-state index in [0.717, 1.165) is 29.6 Å². The molecule has 1 fully saturated rings. The smallest absolute Gasteiger partial charge is 0.322 e. The van der Waals surface area contributed by atoms with E-state index in [1.807, 2.05) is 22.4 Å². The van der Waals surface area contributed by atoms with Gasteiger partial charge in [0.15, 0.2) is 0 Å². The van der Waals surface area contributed by atoms with Gasteiger partial charge in [0, 0.05) is 35.9 Å². The van der Waals surface area contributed by atoms with E-state index >= 15 is 0 Å². The molecule has 1 unspecified atom stereocenters. The molecule has 1 atom stereocenters. The zero-order valence-electron chi connectivity index (χ0n) is 14.9. The maximum absolute atomic E-state index is 12.7. The fourth-order valence-corrected chi connectivity index (χ4v) is 4.11. The summed E-state index contributed by atoms with van der Waals surface area (Å²) in [6, 6.07) is 10.2. The van der Waals surface area contributed by atoms with Gasteiger partial charge >= 0.3 is 6.03 Å². The van der Waals surface area contributed by atoms with E-state index in [-0.39, 0.29) is 12.1 Å². The third-order valence-electron chi connectivity index (χ3n) is 4.76. The summed E-state index contributed by atoms with van der Waals surface area (Å²) in [6.07, 6.45) is 3.17. The predicted octanol–water partition coefficient (Wildman–Crippen LogP) is 4.72. The first-order valence-corrected chi connectivity index (χ1v) is 9.97. The number of hydrogen-bond donors (Lipinski definition) is 1. The number of morpholine rings is 1. The highest BCUT2D eigenvalue weighted by Gasteiger charge is 2.25. The number of aromatic nitrogens is 1. The topological polar surface area (TPSA) is 46.5 Å². The molecule has 1 aromatic carbocycles. The Balaban J connectivity index is 1.45. The van der Waals surface area contributed by atoms with Crippen LogP contribution < -0.4 is 5.32 Å². The summed E-state index contributed by atoms with van der Waals surface area (Å²) in [5, 5.41) is 8.31. The zero-order chi connectivity index (χ0) is 17.9. The van der Waals surface area contributed by atoms with Crippen molar-refractivity contribution in [2.75, 3.05) is 25.0 Å². The standard InChI is InChI=1S/C20H23N3O2S/c1-2-7-22-8-5-15-12-17(3-4-18(15)22)21-20(24)23-9-10-25-19(13-23)16-6-11-26-14-16/h3-6,8,11-12,14,19H,2,7,9-10,13H2,1H3,(H,21,24). The Morgan fingerprint density at radius 2 is 2.27 bits per heavy atom. The highest BCUT2D eigenvalue weighted by molar-refractivity contribution is 7.07. The van der Waals surface area contributed by atoms with Crippen LogP contribution >= 0.6 is 11.3 Å². The molecule has 0 bridgehead atoms. The summed E-state index contributed by atoms with van der Waals surface area (Å²) >= 11 is 1.65. The van der Waals surface area contributed by atoms with Crippen LogP contribution in [0.25, 0.3) is 10.9 Å². The van der Waals surface area contributed by atoms with Crippen LogP contribution in [0.1, 0.15) is 25.0 Å². The Hall–Kier alpha value is -2.31. The number of hydrogen-bond acceptors (Lipinski definition) is 3. The molecule has 3 aromatic rings. The molecule has 1 saturated heterocycles. The number of fused-ring (bicyclic) bond motifs is 1. The maximum atomic E-state index is 12.7. The number of ether oxygens (including phenoxy) is 1. The molecule has 1 aliphatic heterocycles. The summed E-state index contributed by atoms with van der Waals surface area (Å²) in [7, 11) is 0. The van der Waals surface area contributed by atoms with Gasteiger partial charge in [-0.25, -0.2) is 4.79 Å². The second-order valence-electron chi connectivity index (χ2n) is 6.58. The van der Waals surface area contributed by atoms with Crippen LogP contribution in [0, 0.1) is 0 Å². The van der Waals surface area contributed by atoms with E-state index in [4.69, 9.17) is 4.74 Å². The van der Waals surface area contributed by atoms with Crippen molar-refractivity contribution in [3.63, 3.8) is 0 Å². The molecule has 1 aliphatic rings. The highest BCUT2D eigenvalue weighted by atomic mass is 32.1. The number of carbonyl (C=O) groups excluding carboxylic acids is 1. The number of anilines is 1. The van der Waals surface area contributed by atoms with Crippen LogP contribution in [0.3, 0.4) is 0 Å². The van der Waals surface area contributed by atoms with Crippen molar-refractivity contribution in [2.45, 2.75) is 26.0 Å². The van der Waals surface area contributed by atoms with Crippen LogP contribution in [0.15, 0.2) is 47.3 Å². The largest absolute Gasteiger partial charge is 0.370 e. The molecule has 2 amide bonds. The number of aryl methyl sites for hydroxylation is 1. The quantitative estimate of drug-likeness (QED) is 0.723. The van der Waals surface area contributed by atoms with Gasteiger partial charge in [-0.3, -0.25) is 0 Å². The predicted molar refractivity (Wildman–Crippen MR) is 106 cm³/mol. The fourth-order valence-electron chi connectivity index (χ4n) is 3.41. The third-order valence-corrected chi connectivity index (χ3v) is 5.46. The van der Waals surface area contributed by atoms with Crippen molar-refractivity contribution in [2.24, 2.45) is 0 Å². The number of benzene rings is 1. The Labute approximate surface area is 157 Å². The summed E-state index contributed by atoms with van der Waals surface area (Å²) in [5.41, 5.74) is 3.18. The van der Waals surface area contributed by atoms with Crippen LogP contribution in [0.2, 0.25) is 0 Å². The summed E-state index contributed by atoms with van der Waals surface area (Å²) in [5.74, 6) is 0. The number of amides is 2. The van der Waals surface area contributed by atoms with Crippen molar-refractivity contribution in [1.82, 2.24) is 9.47 Å². The Morgan fingerprint density at radius 1 is 1.35 bits per heavy atom. The first kappa shape index (κ1) is 17.1. The van der Waals surface area contributed by atoms with Gasteiger partial charge in [-0.15, -0.1) is 0 Å². The van der Waals surface area contributed by atoms with Gasteiger partial charge in [-0.05, 0) is 53.1 Å². The van der Waals surface area contributed by atoms with E-state index in [1.54, 1.807) is 11.3 Å². The lowest BCUT2D eigenvalue weighted by molar-refractivity contribution is -0.0132. The molecule has 3 heterocycles. The second-order valence-corrected chi connectivity index (χ2v) is 7.36. The normalized spacial score (nSPS) is 17.6. The average molecular weight is 369 g/mol. The van der Waals surface area contributed by atoms with E-state index < -0.39 is 0 Å². The van der Waals surface area contributed by atoms with Gasteiger partial charge in [-0.2, -0.15) is 11.3 Å². The molecule has 2 aromatic heterocycles. The van der Waals surface area contributed by atoms with E-state index in [9.17, 15) is 4.79 Å². The summed E-state index contributed by atoms with van der Waals surface area (Å²) in [6.45, 7) is 4.94. The van der Waals surface area contributed by atoms with Gasteiger partial charge in [0.1, 0.15) is 6.10 Å². The lowest BCUT2D eigenvalue weighted by Gasteiger charge is -2.32.